The second-order valence-corrected chi connectivity index (χ2v) is 6.95. The molecule has 1 fully saturated rings. The number of carbonyl (C=O) groups is 1. The van der Waals surface area contributed by atoms with Crippen LogP contribution in [-0.2, 0) is 0 Å². The molecule has 4 N–H and O–H groups in total. The third-order valence-corrected chi connectivity index (χ3v) is 5.01. The number of aromatic nitrogens is 2. The van der Waals surface area contributed by atoms with E-state index in [1.54, 1.807) is 24.4 Å². The number of fused-ring (bicyclic) bond motifs is 1. The summed E-state index contributed by atoms with van der Waals surface area (Å²) in [5.41, 5.74) is 7.57. The molecule has 0 spiro atoms. The van der Waals surface area contributed by atoms with Crippen molar-refractivity contribution in [2.45, 2.75) is 18.3 Å². The topological polar surface area (TPSA) is 102 Å². The van der Waals surface area contributed by atoms with Gasteiger partial charge in [0.25, 0.3) is 5.91 Å². The van der Waals surface area contributed by atoms with Crippen LogP contribution in [0.25, 0.3) is 10.9 Å². The van der Waals surface area contributed by atoms with Gasteiger partial charge >= 0.3 is 6.36 Å². The first-order valence-corrected chi connectivity index (χ1v) is 9.17. The van der Waals surface area contributed by atoms with Gasteiger partial charge in [-0.2, -0.15) is 0 Å². The van der Waals surface area contributed by atoms with Gasteiger partial charge in [-0.25, -0.2) is 9.97 Å². The number of primary amides is 1. The number of hydrogen-bond acceptors (Lipinski definition) is 6. The Kier molecular flexibility index (Phi) is 5.17. The van der Waals surface area contributed by atoms with Gasteiger partial charge in [-0.3, -0.25) is 4.79 Å². The van der Waals surface area contributed by atoms with Crippen molar-refractivity contribution in [1.82, 2.24) is 15.3 Å². The predicted molar refractivity (Wildman–Crippen MR) is 104 cm³/mol. The summed E-state index contributed by atoms with van der Waals surface area (Å²) in [5, 5.41) is 7.30. The van der Waals surface area contributed by atoms with Crippen molar-refractivity contribution in [3.05, 3.63) is 60.0 Å². The Hall–Kier alpha value is -3.40. The highest BCUT2D eigenvalue weighted by molar-refractivity contribution is 6.07. The van der Waals surface area contributed by atoms with Gasteiger partial charge in [0.05, 0.1) is 11.1 Å². The summed E-state index contributed by atoms with van der Waals surface area (Å²) in [6.45, 7) is 1.18. The first-order valence-electron chi connectivity index (χ1n) is 9.17. The number of rotatable bonds is 5. The number of hydrogen-bond donors (Lipinski definition) is 3. The summed E-state index contributed by atoms with van der Waals surface area (Å²) in [4.78, 5) is 19.9. The van der Waals surface area contributed by atoms with Crippen LogP contribution in [0.5, 0.6) is 5.75 Å². The molecule has 7 nitrogen and oxygen atoms in total. The Morgan fingerprint density at radius 1 is 1.23 bits per heavy atom. The molecule has 0 bridgehead atoms. The van der Waals surface area contributed by atoms with E-state index in [1.807, 2.05) is 0 Å². The lowest BCUT2D eigenvalue weighted by atomic mass is 9.93. The Labute approximate surface area is 169 Å². The smallest absolute Gasteiger partial charge is 0.406 e. The molecule has 2 atom stereocenters. The van der Waals surface area contributed by atoms with Crippen LogP contribution in [0.15, 0.2) is 48.9 Å². The zero-order valence-electron chi connectivity index (χ0n) is 15.6. The predicted octanol–water partition coefficient (Wildman–Crippen LogP) is 2.79. The molecule has 1 aliphatic rings. The van der Waals surface area contributed by atoms with E-state index >= 15 is 0 Å². The standard InChI is InChI=1S/C20H18F3N5O2/c21-20(22,23)30-12-3-1-2-11(6-12)14-7-25-9-17(14)28-16-5-4-13(19(24)29)18-15(16)8-26-10-27-18/h1-6,8,10,14,17,25,28H,7,9H2,(H2,24,29)/t14-,17+/m1/s1. The molecule has 3 aromatic rings. The van der Waals surface area contributed by atoms with E-state index in [-0.39, 0.29) is 23.3 Å². The molecular weight excluding hydrogens is 399 g/mol. The molecule has 1 aromatic heterocycles. The number of nitrogens with one attached hydrogen (secondary N) is 2. The second kappa shape index (κ2) is 7.79. The molecule has 30 heavy (non-hydrogen) atoms. The average Bonchev–Trinajstić information content (AvgIpc) is 3.15. The third-order valence-electron chi connectivity index (χ3n) is 5.01. The fraction of sp³-hybridized carbons (Fsp3) is 0.250. The zero-order chi connectivity index (χ0) is 21.3. The van der Waals surface area contributed by atoms with Gasteiger partial charge in [0, 0.05) is 42.3 Å². The molecule has 1 aliphatic heterocycles. The van der Waals surface area contributed by atoms with Crippen molar-refractivity contribution in [1.29, 1.82) is 0 Å². The van der Waals surface area contributed by atoms with Gasteiger partial charge in [0.15, 0.2) is 0 Å². The van der Waals surface area contributed by atoms with Gasteiger partial charge in [0.2, 0.25) is 0 Å². The van der Waals surface area contributed by atoms with Crippen molar-refractivity contribution in [3.63, 3.8) is 0 Å². The highest BCUT2D eigenvalue weighted by atomic mass is 19.4. The van der Waals surface area contributed by atoms with Crippen molar-refractivity contribution >= 4 is 22.5 Å². The van der Waals surface area contributed by atoms with Crippen LogP contribution >= 0.6 is 0 Å². The summed E-state index contributed by atoms with van der Waals surface area (Å²) >= 11 is 0. The lowest BCUT2D eigenvalue weighted by Gasteiger charge is -2.23. The first-order chi connectivity index (χ1) is 14.3. The largest absolute Gasteiger partial charge is 0.573 e. The number of alkyl halides is 3. The number of ether oxygens (including phenoxy) is 1. The highest BCUT2D eigenvalue weighted by Gasteiger charge is 2.33. The minimum Gasteiger partial charge on any atom is -0.406 e. The van der Waals surface area contributed by atoms with Crippen LogP contribution in [0, 0.1) is 0 Å². The maximum Gasteiger partial charge on any atom is 0.573 e. The van der Waals surface area contributed by atoms with Crippen molar-refractivity contribution < 1.29 is 22.7 Å². The summed E-state index contributed by atoms with van der Waals surface area (Å²) < 4.78 is 41.7. The van der Waals surface area contributed by atoms with E-state index in [0.29, 0.717) is 35.2 Å². The fourth-order valence-corrected chi connectivity index (χ4v) is 3.72. The number of anilines is 1. The van der Waals surface area contributed by atoms with E-state index in [2.05, 4.69) is 25.3 Å². The van der Waals surface area contributed by atoms with Crippen LogP contribution in [0.3, 0.4) is 0 Å². The summed E-state index contributed by atoms with van der Waals surface area (Å²) in [6, 6.07) is 9.18. The molecule has 0 saturated carbocycles. The Balaban J connectivity index is 1.62. The SMILES string of the molecule is NC(=O)c1ccc(N[C@H]2CNC[C@@H]2c2cccc(OC(F)(F)F)c2)c2cncnc12. The molecule has 2 heterocycles. The number of nitrogens with zero attached hydrogens (tertiary/aromatic N) is 2. The summed E-state index contributed by atoms with van der Waals surface area (Å²) in [7, 11) is 0. The normalized spacial score (nSPS) is 19.0. The molecule has 156 valence electrons. The lowest BCUT2D eigenvalue weighted by Crippen LogP contribution is -2.27. The second-order valence-electron chi connectivity index (χ2n) is 6.95. The van der Waals surface area contributed by atoms with Gasteiger partial charge in [-0.1, -0.05) is 12.1 Å². The lowest BCUT2D eigenvalue weighted by molar-refractivity contribution is -0.274. The van der Waals surface area contributed by atoms with Crippen LogP contribution in [0.2, 0.25) is 0 Å². The number of amides is 1. The van der Waals surface area contributed by atoms with Crippen LogP contribution in [0.1, 0.15) is 21.8 Å². The van der Waals surface area contributed by atoms with Gasteiger partial charge in [0.1, 0.15) is 12.1 Å². The monoisotopic (exact) mass is 417 g/mol. The molecule has 1 amide bonds. The van der Waals surface area contributed by atoms with Crippen molar-refractivity contribution in [2.75, 3.05) is 18.4 Å². The van der Waals surface area contributed by atoms with Crippen LogP contribution < -0.4 is 21.1 Å². The van der Waals surface area contributed by atoms with E-state index in [9.17, 15) is 18.0 Å². The van der Waals surface area contributed by atoms with Gasteiger partial charge in [-0.05, 0) is 29.8 Å². The zero-order valence-corrected chi connectivity index (χ0v) is 15.6. The van der Waals surface area contributed by atoms with E-state index in [1.165, 1.54) is 24.5 Å². The number of carbonyl (C=O) groups excluding carboxylic acids is 1. The average molecular weight is 417 g/mol. The van der Waals surface area contributed by atoms with Crippen molar-refractivity contribution in [2.24, 2.45) is 5.73 Å². The maximum absolute atomic E-state index is 12.6. The minimum atomic E-state index is -4.74. The highest BCUT2D eigenvalue weighted by Crippen LogP contribution is 2.32. The Bertz CT molecular complexity index is 1090. The van der Waals surface area contributed by atoms with E-state index in [4.69, 9.17) is 5.73 Å². The number of benzene rings is 2. The molecule has 2 aromatic carbocycles. The van der Waals surface area contributed by atoms with Gasteiger partial charge < -0.3 is 21.1 Å². The molecular formula is C20H18F3N5O2. The van der Waals surface area contributed by atoms with Crippen LogP contribution in [0.4, 0.5) is 18.9 Å². The van der Waals surface area contributed by atoms with E-state index in [0.717, 1.165) is 0 Å². The summed E-state index contributed by atoms with van der Waals surface area (Å²) in [5.74, 6) is -0.945. The van der Waals surface area contributed by atoms with Gasteiger partial charge in [-0.15, -0.1) is 13.2 Å². The third kappa shape index (κ3) is 4.13. The van der Waals surface area contributed by atoms with E-state index < -0.39 is 12.3 Å². The Morgan fingerprint density at radius 3 is 2.83 bits per heavy atom. The molecule has 4 rings (SSSR count). The first kappa shape index (κ1) is 19.9. The minimum absolute atomic E-state index is 0.0997. The number of halogens is 3. The number of nitrogens with two attached hydrogens (primary N) is 1. The molecule has 0 aliphatic carbocycles. The quantitative estimate of drug-likeness (QED) is 0.590. The maximum atomic E-state index is 12.6. The fourth-order valence-electron chi connectivity index (χ4n) is 3.72. The molecule has 10 heteroatoms. The Morgan fingerprint density at radius 2 is 2.07 bits per heavy atom. The summed E-state index contributed by atoms with van der Waals surface area (Å²) in [6.07, 6.45) is -1.82. The molecule has 0 unspecified atom stereocenters. The van der Waals surface area contributed by atoms with Crippen molar-refractivity contribution in [3.8, 4) is 5.75 Å². The van der Waals surface area contributed by atoms with Crippen LogP contribution in [-0.4, -0.2) is 41.4 Å². The molecule has 1 saturated heterocycles. The molecule has 0 radical (unpaired) electrons.